The normalized spacial score (nSPS) is 8.38. The second-order valence-electron chi connectivity index (χ2n) is 2.46. The quantitative estimate of drug-likeness (QED) is 0.663. The molecule has 0 aromatic heterocycles. The molecule has 0 aliphatic heterocycles. The number of nitrogens with zero attached hydrogens (tertiary/aromatic N) is 1. The average molecular weight is 176 g/mol. The Morgan fingerprint density at radius 1 is 1.46 bits per heavy atom. The monoisotopic (exact) mass is 176 g/mol. The fourth-order valence-corrected chi connectivity index (χ4v) is 0.884. The van der Waals surface area contributed by atoms with Crippen LogP contribution in [0.4, 0.5) is 5.69 Å². The SMILES string of the molecule is CC(=O)Nc1ccc(C#[N+][O-])cc1. The first-order valence-electron chi connectivity index (χ1n) is 3.68. The zero-order valence-electron chi connectivity index (χ0n) is 7.07. The number of hydrogen-bond acceptors (Lipinski definition) is 2. The van der Waals surface area contributed by atoms with Crippen molar-refractivity contribution in [2.75, 3.05) is 5.32 Å². The van der Waals surface area contributed by atoms with Gasteiger partial charge in [-0.3, -0.25) is 4.79 Å². The van der Waals surface area contributed by atoms with E-state index >= 15 is 0 Å². The van der Waals surface area contributed by atoms with Crippen LogP contribution in [0.3, 0.4) is 0 Å². The van der Waals surface area contributed by atoms with Gasteiger partial charge in [-0.1, -0.05) is 0 Å². The van der Waals surface area contributed by atoms with E-state index in [1.807, 2.05) is 0 Å². The predicted octanol–water partition coefficient (Wildman–Crippen LogP) is 1.82. The predicted molar refractivity (Wildman–Crippen MR) is 50.5 cm³/mol. The summed E-state index contributed by atoms with van der Waals surface area (Å²) in [5, 5.41) is 14.9. The smallest absolute Gasteiger partial charge is 0.336 e. The molecule has 0 atom stereocenters. The Balaban J connectivity index is 2.79. The van der Waals surface area contributed by atoms with E-state index in [0.29, 0.717) is 11.3 Å². The Labute approximate surface area is 75.6 Å². The van der Waals surface area contributed by atoms with Crippen molar-refractivity contribution in [1.82, 2.24) is 0 Å². The van der Waals surface area contributed by atoms with E-state index in [1.165, 1.54) is 6.92 Å². The third-order valence-electron chi connectivity index (χ3n) is 1.38. The Hall–Kier alpha value is -2.02. The van der Waals surface area contributed by atoms with Gasteiger partial charge in [-0.05, 0) is 24.3 Å². The standard InChI is InChI=1S/C9H8N2O2/c1-7(12)11-9-4-2-8(3-5-9)6-10-13/h2-5H,1H3,(H,11,12). The Kier molecular flexibility index (Phi) is 2.87. The second kappa shape index (κ2) is 4.12. The lowest BCUT2D eigenvalue weighted by molar-refractivity contribution is -0.114. The zero-order valence-corrected chi connectivity index (χ0v) is 7.07. The van der Waals surface area contributed by atoms with Gasteiger partial charge in [-0.25, -0.2) is 0 Å². The summed E-state index contributed by atoms with van der Waals surface area (Å²) < 4.78 is 0. The van der Waals surface area contributed by atoms with Gasteiger partial charge < -0.3 is 10.5 Å². The Morgan fingerprint density at radius 3 is 2.54 bits per heavy atom. The molecule has 0 fully saturated rings. The maximum atomic E-state index is 10.6. The summed E-state index contributed by atoms with van der Waals surface area (Å²) in [5.41, 5.74) is 1.27. The molecule has 1 N–H and O–H groups in total. The van der Waals surface area contributed by atoms with Crippen LogP contribution in [0.15, 0.2) is 24.3 Å². The fraction of sp³-hybridized carbons (Fsp3) is 0.111. The zero-order chi connectivity index (χ0) is 9.68. The molecule has 13 heavy (non-hydrogen) atoms. The van der Waals surface area contributed by atoms with Gasteiger partial charge in [0, 0.05) is 17.6 Å². The van der Waals surface area contributed by atoms with Gasteiger partial charge in [0.25, 0.3) is 0 Å². The first-order valence-corrected chi connectivity index (χ1v) is 3.68. The Morgan fingerprint density at radius 2 is 2.08 bits per heavy atom. The molecule has 1 aromatic carbocycles. The van der Waals surface area contributed by atoms with Crippen molar-refractivity contribution >= 4 is 11.6 Å². The molecule has 4 heteroatoms. The van der Waals surface area contributed by atoms with Gasteiger partial charge in [0.2, 0.25) is 5.91 Å². The molecule has 0 bridgehead atoms. The number of carbonyl (C=O) groups is 1. The van der Waals surface area contributed by atoms with Crippen molar-refractivity contribution < 1.29 is 4.79 Å². The number of nitrogens with one attached hydrogen (secondary N) is 1. The number of hydrogen-bond donors (Lipinski definition) is 1. The number of rotatable bonds is 1. The highest BCUT2D eigenvalue weighted by molar-refractivity contribution is 5.88. The summed E-state index contributed by atoms with van der Waals surface area (Å²) in [5.74, 6) is -0.130. The molecule has 4 nitrogen and oxygen atoms in total. The van der Waals surface area contributed by atoms with E-state index in [2.05, 4.69) is 16.4 Å². The van der Waals surface area contributed by atoms with Crippen LogP contribution in [0.5, 0.6) is 0 Å². The highest BCUT2D eigenvalue weighted by atomic mass is 16.4. The molecule has 1 aromatic rings. The summed E-state index contributed by atoms with van der Waals surface area (Å²) in [6.07, 6.45) is 0. The lowest BCUT2D eigenvalue weighted by Crippen LogP contribution is -2.05. The van der Waals surface area contributed by atoms with E-state index in [4.69, 9.17) is 0 Å². The van der Waals surface area contributed by atoms with Gasteiger partial charge in [-0.15, -0.1) is 0 Å². The second-order valence-corrected chi connectivity index (χ2v) is 2.46. The van der Waals surface area contributed by atoms with Crippen molar-refractivity contribution in [3.63, 3.8) is 0 Å². The summed E-state index contributed by atoms with van der Waals surface area (Å²) in [6.45, 7) is 1.43. The lowest BCUT2D eigenvalue weighted by atomic mass is 10.2. The molecular weight excluding hydrogens is 168 g/mol. The average Bonchev–Trinajstić information content (AvgIpc) is 2.08. The molecule has 0 aliphatic rings. The van der Waals surface area contributed by atoms with Crippen LogP contribution in [0.1, 0.15) is 12.5 Å². The molecule has 0 aliphatic carbocycles. The maximum absolute atomic E-state index is 10.6. The van der Waals surface area contributed by atoms with Crippen LogP contribution >= 0.6 is 0 Å². The summed E-state index contributed by atoms with van der Waals surface area (Å²) in [4.78, 5) is 10.6. The highest BCUT2D eigenvalue weighted by Gasteiger charge is 1.96. The Bertz CT molecular complexity index is 359. The first kappa shape index (κ1) is 9.07. The maximum Gasteiger partial charge on any atom is 0.336 e. The van der Waals surface area contributed by atoms with E-state index < -0.39 is 0 Å². The number of amides is 1. The molecule has 0 saturated heterocycles. The van der Waals surface area contributed by atoms with Crippen molar-refractivity contribution in [1.29, 1.82) is 0 Å². The number of carbonyl (C=O) groups excluding carboxylic acids is 1. The molecule has 66 valence electrons. The number of benzene rings is 1. The minimum absolute atomic E-state index is 0.130. The van der Waals surface area contributed by atoms with E-state index in [0.717, 1.165) is 0 Å². The molecular formula is C9H8N2O2. The molecule has 0 spiro atoms. The molecule has 1 amide bonds. The van der Waals surface area contributed by atoms with E-state index in [1.54, 1.807) is 24.3 Å². The molecule has 0 radical (unpaired) electrons. The third-order valence-corrected chi connectivity index (χ3v) is 1.38. The van der Waals surface area contributed by atoms with Crippen molar-refractivity contribution in [2.45, 2.75) is 6.92 Å². The van der Waals surface area contributed by atoms with Gasteiger partial charge in [0.15, 0.2) is 0 Å². The molecule has 0 unspecified atom stereocenters. The summed E-state index contributed by atoms with van der Waals surface area (Å²) in [6, 6.07) is 8.89. The van der Waals surface area contributed by atoms with Crippen LogP contribution < -0.4 is 5.32 Å². The van der Waals surface area contributed by atoms with Crippen molar-refractivity contribution in [3.05, 3.63) is 40.0 Å². The summed E-state index contributed by atoms with van der Waals surface area (Å²) in [7, 11) is 0. The molecule has 1 rings (SSSR count). The van der Waals surface area contributed by atoms with Crippen molar-refractivity contribution in [3.8, 4) is 6.07 Å². The fourth-order valence-electron chi connectivity index (χ4n) is 0.884. The summed E-state index contributed by atoms with van der Waals surface area (Å²) >= 11 is 0. The highest BCUT2D eigenvalue weighted by Crippen LogP contribution is 2.08. The van der Waals surface area contributed by atoms with Gasteiger partial charge in [0.1, 0.15) is 5.56 Å². The van der Waals surface area contributed by atoms with Gasteiger partial charge in [0.05, 0.1) is 0 Å². The van der Waals surface area contributed by atoms with E-state index in [-0.39, 0.29) is 5.91 Å². The lowest BCUT2D eigenvalue weighted by Gasteiger charge is -1.99. The third kappa shape index (κ3) is 2.83. The molecule has 0 saturated carbocycles. The molecule has 0 heterocycles. The van der Waals surface area contributed by atoms with Gasteiger partial charge in [-0.2, -0.15) is 0 Å². The first-order chi connectivity index (χ1) is 6.22. The van der Waals surface area contributed by atoms with Crippen LogP contribution in [-0.2, 0) is 4.79 Å². The minimum Gasteiger partial charge on any atom is -0.498 e. The van der Waals surface area contributed by atoms with Crippen molar-refractivity contribution in [2.24, 2.45) is 0 Å². The van der Waals surface area contributed by atoms with Crippen LogP contribution in [-0.4, -0.2) is 5.91 Å². The van der Waals surface area contributed by atoms with Crippen LogP contribution in [0.25, 0.3) is 5.01 Å². The van der Waals surface area contributed by atoms with Gasteiger partial charge >= 0.3 is 6.07 Å². The van der Waals surface area contributed by atoms with E-state index in [9.17, 15) is 10.0 Å². The topological polar surface area (TPSA) is 56.5 Å². The van der Waals surface area contributed by atoms with Crippen LogP contribution in [0.2, 0.25) is 0 Å². The number of anilines is 1. The minimum atomic E-state index is -0.130. The van der Waals surface area contributed by atoms with Crippen LogP contribution in [0, 0.1) is 11.3 Å². The largest absolute Gasteiger partial charge is 0.498 e.